The SMILES string of the molecule is [CH2]C(C#CC)CS(=O)(=O)[O-].[Na+]. The van der Waals surface area contributed by atoms with E-state index in [4.69, 9.17) is 0 Å². The average Bonchev–Trinajstić information content (AvgIpc) is 1.59. The van der Waals surface area contributed by atoms with E-state index in [9.17, 15) is 13.0 Å². The molecule has 0 saturated heterocycles. The fraction of sp³-hybridized carbons (Fsp3) is 0.500. The Morgan fingerprint density at radius 3 is 2.36 bits per heavy atom. The van der Waals surface area contributed by atoms with Crippen LogP contribution in [0.15, 0.2) is 0 Å². The van der Waals surface area contributed by atoms with E-state index < -0.39 is 21.8 Å². The van der Waals surface area contributed by atoms with Crippen molar-refractivity contribution in [3.8, 4) is 11.8 Å². The van der Waals surface area contributed by atoms with E-state index in [1.54, 1.807) is 6.92 Å². The van der Waals surface area contributed by atoms with Gasteiger partial charge in [-0.2, -0.15) is 0 Å². The molecular formula is C6H8NaO3S. The van der Waals surface area contributed by atoms with E-state index >= 15 is 0 Å². The molecule has 0 saturated carbocycles. The molecule has 0 aliphatic rings. The maximum Gasteiger partial charge on any atom is 1.00 e. The van der Waals surface area contributed by atoms with Crippen molar-refractivity contribution < 1.29 is 42.5 Å². The molecule has 3 nitrogen and oxygen atoms in total. The summed E-state index contributed by atoms with van der Waals surface area (Å²) in [5, 5.41) is 0. The maximum atomic E-state index is 10.1. The van der Waals surface area contributed by atoms with Gasteiger partial charge in [0.25, 0.3) is 0 Å². The first-order valence-electron chi connectivity index (χ1n) is 2.64. The third kappa shape index (κ3) is 10.5. The summed E-state index contributed by atoms with van der Waals surface area (Å²) in [6.07, 6.45) is 0. The summed E-state index contributed by atoms with van der Waals surface area (Å²) in [6.45, 7) is 4.93. The van der Waals surface area contributed by atoms with Crippen LogP contribution in [0.5, 0.6) is 0 Å². The Kier molecular flexibility index (Phi) is 7.70. The summed E-state index contributed by atoms with van der Waals surface area (Å²) in [4.78, 5) is 0. The minimum absolute atomic E-state index is 0. The van der Waals surface area contributed by atoms with Gasteiger partial charge < -0.3 is 4.55 Å². The predicted octanol–water partition coefficient (Wildman–Crippen LogP) is -2.99. The summed E-state index contributed by atoms with van der Waals surface area (Å²) in [5.41, 5.74) is 0. The second kappa shape index (κ2) is 6.04. The molecule has 0 spiro atoms. The first-order chi connectivity index (χ1) is 4.45. The topological polar surface area (TPSA) is 57.2 Å². The molecule has 0 fully saturated rings. The largest absolute Gasteiger partial charge is 1.00 e. The van der Waals surface area contributed by atoms with Crippen molar-refractivity contribution in [2.45, 2.75) is 6.92 Å². The van der Waals surface area contributed by atoms with E-state index in [0.717, 1.165) is 0 Å². The minimum Gasteiger partial charge on any atom is -0.748 e. The molecule has 1 atom stereocenters. The Hall–Kier alpha value is 0.470. The zero-order chi connectivity index (χ0) is 8.20. The Labute approximate surface area is 89.6 Å². The van der Waals surface area contributed by atoms with Crippen LogP contribution in [-0.4, -0.2) is 18.7 Å². The van der Waals surface area contributed by atoms with Crippen molar-refractivity contribution in [2.24, 2.45) is 5.92 Å². The second-order valence-electron chi connectivity index (χ2n) is 1.82. The molecule has 0 heterocycles. The number of hydrogen-bond donors (Lipinski definition) is 0. The molecule has 0 aliphatic heterocycles. The predicted molar refractivity (Wildman–Crippen MR) is 36.9 cm³/mol. The number of rotatable bonds is 2. The monoisotopic (exact) mass is 183 g/mol. The fourth-order valence-electron chi connectivity index (χ4n) is 0.492. The van der Waals surface area contributed by atoms with Gasteiger partial charge in [0.15, 0.2) is 0 Å². The molecule has 0 aromatic heterocycles. The first-order valence-corrected chi connectivity index (χ1v) is 4.22. The number of hydrogen-bond acceptors (Lipinski definition) is 3. The molecule has 0 rings (SSSR count). The van der Waals surface area contributed by atoms with Gasteiger partial charge >= 0.3 is 29.6 Å². The smallest absolute Gasteiger partial charge is 0.748 e. The van der Waals surface area contributed by atoms with Crippen LogP contribution in [0.1, 0.15) is 6.92 Å². The molecule has 0 N–H and O–H groups in total. The van der Waals surface area contributed by atoms with Gasteiger partial charge in [0.1, 0.15) is 0 Å². The van der Waals surface area contributed by atoms with Crippen LogP contribution in [0, 0.1) is 24.7 Å². The van der Waals surface area contributed by atoms with Crippen LogP contribution < -0.4 is 29.6 Å². The summed E-state index contributed by atoms with van der Waals surface area (Å²) in [5.74, 6) is 3.83. The summed E-state index contributed by atoms with van der Waals surface area (Å²) in [7, 11) is -4.16. The van der Waals surface area contributed by atoms with Crippen LogP contribution in [0.25, 0.3) is 0 Å². The minimum atomic E-state index is -4.16. The quantitative estimate of drug-likeness (QED) is 0.260. The van der Waals surface area contributed by atoms with Gasteiger partial charge in [-0.15, -0.1) is 5.92 Å². The summed E-state index contributed by atoms with van der Waals surface area (Å²) < 4.78 is 30.2. The van der Waals surface area contributed by atoms with Crippen molar-refractivity contribution in [3.05, 3.63) is 6.92 Å². The van der Waals surface area contributed by atoms with Gasteiger partial charge in [-0.1, -0.05) is 5.92 Å². The van der Waals surface area contributed by atoms with Gasteiger partial charge in [0.05, 0.1) is 15.9 Å². The van der Waals surface area contributed by atoms with Gasteiger partial charge in [0, 0.05) is 5.92 Å². The molecule has 0 aromatic carbocycles. The Morgan fingerprint density at radius 1 is 1.64 bits per heavy atom. The Balaban J connectivity index is 0. The van der Waals surface area contributed by atoms with E-state index in [2.05, 4.69) is 18.8 Å². The van der Waals surface area contributed by atoms with E-state index in [0.29, 0.717) is 0 Å². The van der Waals surface area contributed by atoms with Crippen LogP contribution in [-0.2, 0) is 10.1 Å². The van der Waals surface area contributed by atoms with Crippen LogP contribution in [0.3, 0.4) is 0 Å². The Bertz CT molecular complexity index is 247. The molecule has 0 bridgehead atoms. The van der Waals surface area contributed by atoms with Crippen LogP contribution in [0.4, 0.5) is 0 Å². The van der Waals surface area contributed by atoms with Crippen molar-refractivity contribution in [3.63, 3.8) is 0 Å². The molecule has 57 valence electrons. The molecule has 1 unspecified atom stereocenters. The third-order valence-electron chi connectivity index (χ3n) is 0.754. The van der Waals surface area contributed by atoms with Crippen molar-refractivity contribution >= 4 is 10.1 Å². The van der Waals surface area contributed by atoms with Gasteiger partial charge in [-0.25, -0.2) is 8.42 Å². The molecule has 5 heteroatoms. The van der Waals surface area contributed by atoms with Crippen molar-refractivity contribution in [2.75, 3.05) is 5.75 Å². The normalized spacial score (nSPS) is 12.3. The van der Waals surface area contributed by atoms with Crippen LogP contribution in [0.2, 0.25) is 0 Å². The molecule has 0 aromatic rings. The summed E-state index contributed by atoms with van der Waals surface area (Å²) >= 11 is 0. The van der Waals surface area contributed by atoms with Gasteiger partial charge in [-0.05, 0) is 13.8 Å². The molecule has 0 amide bonds. The molecular weight excluding hydrogens is 175 g/mol. The second-order valence-corrected chi connectivity index (χ2v) is 3.26. The van der Waals surface area contributed by atoms with Gasteiger partial charge in [-0.3, -0.25) is 0 Å². The van der Waals surface area contributed by atoms with Crippen molar-refractivity contribution in [1.82, 2.24) is 0 Å². The summed E-state index contributed by atoms with van der Waals surface area (Å²) in [6, 6.07) is 0. The zero-order valence-corrected chi connectivity index (χ0v) is 9.44. The molecule has 0 aliphatic carbocycles. The van der Waals surface area contributed by atoms with Crippen LogP contribution >= 0.6 is 0 Å². The Morgan fingerprint density at radius 2 is 2.09 bits per heavy atom. The molecule has 11 heavy (non-hydrogen) atoms. The first kappa shape index (κ1) is 14.0. The average molecular weight is 183 g/mol. The zero-order valence-electron chi connectivity index (χ0n) is 6.62. The van der Waals surface area contributed by atoms with E-state index in [1.807, 2.05) is 0 Å². The molecule has 1 radical (unpaired) electrons. The van der Waals surface area contributed by atoms with Gasteiger partial charge in [0.2, 0.25) is 0 Å². The third-order valence-corrected chi connectivity index (χ3v) is 1.56. The van der Waals surface area contributed by atoms with E-state index in [1.165, 1.54) is 0 Å². The maximum absolute atomic E-state index is 10.1. The standard InChI is InChI=1S/C6H9O3S.Na/c1-3-4-6(2)5-10(7,8)9;/h6H,2,5H2,1H3,(H,7,8,9);/q;+1/p-1. The van der Waals surface area contributed by atoms with Crippen molar-refractivity contribution in [1.29, 1.82) is 0 Å². The van der Waals surface area contributed by atoms with E-state index in [-0.39, 0.29) is 29.6 Å². The fourth-order valence-corrected chi connectivity index (χ4v) is 1.07.